The molecule has 3 nitrogen and oxygen atoms in total. The summed E-state index contributed by atoms with van der Waals surface area (Å²) < 4.78 is 2.09. The van der Waals surface area contributed by atoms with Gasteiger partial charge in [0.15, 0.2) is 12.1 Å². The van der Waals surface area contributed by atoms with Gasteiger partial charge in [-0.15, -0.1) is 0 Å². The van der Waals surface area contributed by atoms with Crippen molar-refractivity contribution in [2.45, 2.75) is 13.8 Å². The second-order valence-corrected chi connectivity index (χ2v) is 5.54. The molecule has 1 aromatic carbocycles. The fourth-order valence-electron chi connectivity index (χ4n) is 2.22. The molecule has 0 aromatic heterocycles. The molecule has 0 N–H and O–H groups in total. The molecule has 1 aliphatic heterocycles. The predicted octanol–water partition coefficient (Wildman–Crippen LogP) is -0.493. The Kier molecular flexibility index (Phi) is 7.30. The topological polar surface area (TPSA) is 23.3 Å². The minimum atomic E-state index is 0. The molecular formula is C15H21BrN2OS. The fourth-order valence-corrected chi connectivity index (χ4v) is 3.06. The van der Waals surface area contributed by atoms with E-state index in [4.69, 9.17) is 0 Å². The maximum Gasteiger partial charge on any atom is 0.227 e. The lowest BCUT2D eigenvalue weighted by atomic mass is 10.1. The molecule has 0 unspecified atom stereocenters. The number of carbonyl (C=O) groups excluding carboxylic acids is 1. The van der Waals surface area contributed by atoms with Crippen LogP contribution < -0.4 is 21.9 Å². The lowest BCUT2D eigenvalue weighted by molar-refractivity contribution is -0.499. The third-order valence-corrected chi connectivity index (χ3v) is 4.25. The molecule has 0 saturated carbocycles. The molecular weight excluding hydrogens is 336 g/mol. The van der Waals surface area contributed by atoms with E-state index in [2.05, 4.69) is 28.9 Å². The molecule has 0 aliphatic carbocycles. The summed E-state index contributed by atoms with van der Waals surface area (Å²) in [5.41, 5.74) is 4.05. The summed E-state index contributed by atoms with van der Waals surface area (Å²) in [6.07, 6.45) is 0. The number of hydrogen-bond donors (Lipinski definition) is 0. The molecule has 0 bridgehead atoms. The number of benzene rings is 1. The van der Waals surface area contributed by atoms with Crippen molar-refractivity contribution in [1.82, 2.24) is 0 Å². The zero-order chi connectivity index (χ0) is 13.7. The normalized spacial score (nSPS) is 13.6. The van der Waals surface area contributed by atoms with E-state index in [1.54, 1.807) is 11.8 Å². The van der Waals surface area contributed by atoms with Gasteiger partial charge in [-0.3, -0.25) is 4.79 Å². The molecule has 1 aromatic rings. The molecule has 0 amide bonds. The zero-order valence-corrected chi connectivity index (χ0v) is 14.4. The first-order valence-electron chi connectivity index (χ1n) is 6.81. The highest BCUT2D eigenvalue weighted by Crippen LogP contribution is 2.15. The SMILES string of the molecule is CCN(CC)c1ccc(C(=O)C[N+]2=CSCC2)cc1.[Br-]. The van der Waals surface area contributed by atoms with E-state index in [-0.39, 0.29) is 22.8 Å². The first-order chi connectivity index (χ1) is 9.24. The number of anilines is 1. The van der Waals surface area contributed by atoms with Crippen LogP contribution in [0.15, 0.2) is 24.3 Å². The maximum atomic E-state index is 12.1. The smallest absolute Gasteiger partial charge is 0.227 e. The van der Waals surface area contributed by atoms with Gasteiger partial charge in [-0.2, -0.15) is 0 Å². The number of thioether (sulfide) groups is 1. The number of ketones is 1. The van der Waals surface area contributed by atoms with Crippen molar-refractivity contribution in [2.75, 3.05) is 36.8 Å². The Bertz CT molecular complexity index is 469. The molecule has 0 atom stereocenters. The van der Waals surface area contributed by atoms with E-state index in [1.807, 2.05) is 24.3 Å². The van der Waals surface area contributed by atoms with E-state index in [0.717, 1.165) is 31.0 Å². The van der Waals surface area contributed by atoms with Gasteiger partial charge in [-0.1, -0.05) is 11.8 Å². The van der Waals surface area contributed by atoms with Crippen molar-refractivity contribution in [3.05, 3.63) is 29.8 Å². The van der Waals surface area contributed by atoms with Gasteiger partial charge in [0, 0.05) is 24.3 Å². The number of Topliss-reactive ketones (excluding diaryl/α,β-unsaturated/α-hetero) is 1. The molecule has 2 rings (SSSR count). The second-order valence-electron chi connectivity index (χ2n) is 4.59. The maximum absolute atomic E-state index is 12.1. The van der Waals surface area contributed by atoms with Gasteiger partial charge in [0.05, 0.1) is 5.75 Å². The first-order valence-corrected chi connectivity index (χ1v) is 7.86. The number of halogens is 1. The molecule has 0 radical (unpaired) electrons. The molecule has 1 aliphatic rings. The average Bonchev–Trinajstić information content (AvgIpc) is 2.94. The van der Waals surface area contributed by atoms with Crippen LogP contribution in [0.1, 0.15) is 24.2 Å². The van der Waals surface area contributed by atoms with Gasteiger partial charge in [-0.05, 0) is 38.1 Å². The van der Waals surface area contributed by atoms with Crippen LogP contribution in [0.25, 0.3) is 0 Å². The lowest BCUT2D eigenvalue weighted by Gasteiger charge is -2.20. The highest BCUT2D eigenvalue weighted by molar-refractivity contribution is 8.12. The molecule has 110 valence electrons. The van der Waals surface area contributed by atoms with E-state index in [9.17, 15) is 4.79 Å². The highest BCUT2D eigenvalue weighted by Gasteiger charge is 2.17. The van der Waals surface area contributed by atoms with Crippen molar-refractivity contribution in [3.63, 3.8) is 0 Å². The first kappa shape index (κ1) is 17.2. The minimum Gasteiger partial charge on any atom is -1.00 e. The molecule has 0 spiro atoms. The Labute approximate surface area is 135 Å². The third-order valence-electron chi connectivity index (χ3n) is 3.38. The fraction of sp³-hybridized carbons (Fsp3) is 0.467. The van der Waals surface area contributed by atoms with Crippen LogP contribution in [0.5, 0.6) is 0 Å². The molecule has 1 heterocycles. The Morgan fingerprint density at radius 1 is 1.25 bits per heavy atom. The Balaban J connectivity index is 0.00000200. The van der Waals surface area contributed by atoms with Crippen LogP contribution in [-0.4, -0.2) is 47.8 Å². The van der Waals surface area contributed by atoms with E-state index in [1.165, 1.54) is 5.69 Å². The summed E-state index contributed by atoms with van der Waals surface area (Å²) in [7, 11) is 0. The molecule has 0 fully saturated rings. The van der Waals surface area contributed by atoms with Gasteiger partial charge in [0.2, 0.25) is 12.3 Å². The monoisotopic (exact) mass is 356 g/mol. The third kappa shape index (κ3) is 4.35. The van der Waals surface area contributed by atoms with Crippen molar-refractivity contribution in [1.29, 1.82) is 0 Å². The number of nitrogens with zero attached hydrogens (tertiary/aromatic N) is 2. The predicted molar refractivity (Wildman–Crippen MR) is 82.8 cm³/mol. The summed E-state index contributed by atoms with van der Waals surface area (Å²) in [5, 5.41) is 0. The quantitative estimate of drug-likeness (QED) is 0.507. The average molecular weight is 357 g/mol. The Morgan fingerprint density at radius 3 is 2.40 bits per heavy atom. The molecule has 5 heteroatoms. The lowest BCUT2D eigenvalue weighted by Crippen LogP contribution is -3.00. The molecule has 0 saturated heterocycles. The highest BCUT2D eigenvalue weighted by atomic mass is 79.9. The van der Waals surface area contributed by atoms with Gasteiger partial charge in [0.1, 0.15) is 0 Å². The van der Waals surface area contributed by atoms with E-state index in [0.29, 0.717) is 6.54 Å². The van der Waals surface area contributed by atoms with Crippen LogP contribution in [0.4, 0.5) is 5.69 Å². The van der Waals surface area contributed by atoms with Gasteiger partial charge in [0.25, 0.3) is 0 Å². The van der Waals surface area contributed by atoms with Gasteiger partial charge >= 0.3 is 0 Å². The summed E-state index contributed by atoms with van der Waals surface area (Å²) in [5.74, 6) is 1.29. The van der Waals surface area contributed by atoms with Crippen LogP contribution in [0, 0.1) is 0 Å². The van der Waals surface area contributed by atoms with Crippen molar-refractivity contribution in [3.8, 4) is 0 Å². The van der Waals surface area contributed by atoms with Crippen molar-refractivity contribution >= 4 is 28.8 Å². The minimum absolute atomic E-state index is 0. The standard InChI is InChI=1S/C15H21N2OS.BrH/c1-3-17(4-2)14-7-5-13(6-8-14)15(18)11-16-9-10-19-12-16;/h5-8,12H,3-4,9-11H2,1-2H3;1H/q+1;/p-1. The summed E-state index contributed by atoms with van der Waals surface area (Å²) in [6.45, 7) is 7.74. The van der Waals surface area contributed by atoms with Gasteiger partial charge < -0.3 is 21.9 Å². The van der Waals surface area contributed by atoms with Crippen molar-refractivity contribution < 1.29 is 26.4 Å². The molecule has 20 heavy (non-hydrogen) atoms. The summed E-state index contributed by atoms with van der Waals surface area (Å²) in [4.78, 5) is 14.4. The van der Waals surface area contributed by atoms with Crippen molar-refractivity contribution in [2.24, 2.45) is 0 Å². The Hall–Kier alpha value is -0.810. The number of carbonyl (C=O) groups is 1. The zero-order valence-electron chi connectivity index (χ0n) is 12.0. The van der Waals surface area contributed by atoms with E-state index >= 15 is 0 Å². The van der Waals surface area contributed by atoms with Crippen LogP contribution >= 0.6 is 11.8 Å². The second kappa shape index (κ2) is 8.47. The Morgan fingerprint density at radius 2 is 1.90 bits per heavy atom. The largest absolute Gasteiger partial charge is 1.00 e. The van der Waals surface area contributed by atoms with Crippen LogP contribution in [-0.2, 0) is 0 Å². The summed E-state index contributed by atoms with van der Waals surface area (Å²) >= 11 is 1.77. The van der Waals surface area contributed by atoms with Gasteiger partial charge in [-0.25, -0.2) is 4.58 Å². The number of hydrogen-bond acceptors (Lipinski definition) is 3. The number of rotatable bonds is 6. The van der Waals surface area contributed by atoms with Crippen LogP contribution in [0.3, 0.4) is 0 Å². The van der Waals surface area contributed by atoms with Crippen LogP contribution in [0.2, 0.25) is 0 Å². The van der Waals surface area contributed by atoms with E-state index < -0.39 is 0 Å². The summed E-state index contributed by atoms with van der Waals surface area (Å²) in [6, 6.07) is 7.98.